The summed E-state index contributed by atoms with van der Waals surface area (Å²) >= 11 is 1.93. The Labute approximate surface area is 178 Å². The lowest BCUT2D eigenvalue weighted by Crippen LogP contribution is -2.40. The van der Waals surface area contributed by atoms with Crippen molar-refractivity contribution in [3.63, 3.8) is 0 Å². The maximum atomic E-state index is 13.3. The van der Waals surface area contributed by atoms with Gasteiger partial charge in [0.2, 0.25) is 0 Å². The first-order valence-electron chi connectivity index (χ1n) is 10.1. The lowest BCUT2D eigenvalue weighted by molar-refractivity contribution is -0.137. The predicted molar refractivity (Wildman–Crippen MR) is 113 cm³/mol. The molecule has 0 bridgehead atoms. The monoisotopic (exact) mass is 438 g/mol. The van der Waals surface area contributed by atoms with Crippen LogP contribution < -0.4 is 10.2 Å². The molecular weight excluding hydrogens is 413 g/mol. The average molecular weight is 439 g/mol. The van der Waals surface area contributed by atoms with E-state index >= 15 is 0 Å². The topological polar surface area (TPSA) is 50.3 Å². The maximum Gasteiger partial charge on any atom is 0.416 e. The van der Waals surface area contributed by atoms with Gasteiger partial charge in [-0.15, -0.1) is 0 Å². The first-order chi connectivity index (χ1) is 14.5. The maximum absolute atomic E-state index is 13.3. The minimum absolute atomic E-state index is 0.438. The highest BCUT2D eigenvalue weighted by Gasteiger charge is 2.37. The minimum atomic E-state index is -4.36. The Morgan fingerprint density at radius 3 is 2.60 bits per heavy atom. The average Bonchev–Trinajstić information content (AvgIpc) is 2.79. The number of anilines is 2. The molecule has 162 valence electrons. The summed E-state index contributed by atoms with van der Waals surface area (Å²) in [6.07, 6.45) is -1.50. The normalized spacial score (nSPS) is 19.5. The van der Waals surface area contributed by atoms with Crippen molar-refractivity contribution in [3.8, 4) is 0 Å². The van der Waals surface area contributed by atoms with E-state index in [9.17, 15) is 13.2 Å². The summed E-state index contributed by atoms with van der Waals surface area (Å²) in [4.78, 5) is 11.0. The van der Waals surface area contributed by atoms with Crippen molar-refractivity contribution < 1.29 is 17.9 Å². The third kappa shape index (κ3) is 4.83. The van der Waals surface area contributed by atoms with Crippen LogP contribution in [0.15, 0.2) is 36.7 Å². The van der Waals surface area contributed by atoms with Crippen LogP contribution in [0.4, 0.5) is 24.8 Å². The van der Waals surface area contributed by atoms with E-state index in [1.54, 1.807) is 12.4 Å². The van der Waals surface area contributed by atoms with Crippen LogP contribution in [-0.2, 0) is 16.3 Å². The van der Waals surface area contributed by atoms with Crippen molar-refractivity contribution in [2.24, 2.45) is 0 Å². The van der Waals surface area contributed by atoms with Crippen LogP contribution in [0, 0.1) is 0 Å². The molecular formula is C21H25F3N4OS. The highest BCUT2D eigenvalue weighted by molar-refractivity contribution is 7.99. The van der Waals surface area contributed by atoms with Crippen LogP contribution >= 0.6 is 11.8 Å². The van der Waals surface area contributed by atoms with Gasteiger partial charge in [-0.2, -0.15) is 24.9 Å². The number of benzene rings is 1. The summed E-state index contributed by atoms with van der Waals surface area (Å²) in [5.41, 5.74) is -0.361. The van der Waals surface area contributed by atoms with Crippen LogP contribution in [0.5, 0.6) is 0 Å². The number of rotatable bonds is 5. The molecule has 9 heteroatoms. The van der Waals surface area contributed by atoms with Gasteiger partial charge in [0.05, 0.1) is 5.56 Å². The summed E-state index contributed by atoms with van der Waals surface area (Å²) in [5, 5.41) is 3.37. The number of alkyl halides is 3. The number of nitrogens with zero attached hydrogens (tertiary/aromatic N) is 3. The van der Waals surface area contributed by atoms with E-state index in [-0.39, 0.29) is 0 Å². The highest BCUT2D eigenvalue weighted by atomic mass is 32.2. The number of aromatic nitrogens is 2. The fourth-order valence-electron chi connectivity index (χ4n) is 4.02. The standard InChI is InChI=1S/C21H25F3N4OS/c22-21(23,24)17-3-1-2-16(12-17)20(4-8-29-9-5-20)14-25-18-13-19(27-15-26-18)28-6-10-30-11-7-28/h1-3,12-13,15H,4-11,14H2,(H,25,26,27). The number of hydrogen-bond acceptors (Lipinski definition) is 6. The van der Waals surface area contributed by atoms with E-state index < -0.39 is 17.2 Å². The molecule has 5 nitrogen and oxygen atoms in total. The molecule has 30 heavy (non-hydrogen) atoms. The molecule has 2 aliphatic heterocycles. The summed E-state index contributed by atoms with van der Waals surface area (Å²) in [6.45, 7) is 3.44. The van der Waals surface area contributed by atoms with E-state index in [0.29, 0.717) is 44.0 Å². The van der Waals surface area contributed by atoms with E-state index in [4.69, 9.17) is 4.74 Å². The molecule has 0 saturated carbocycles. The summed E-state index contributed by atoms with van der Waals surface area (Å²) in [6, 6.07) is 7.61. The number of ether oxygens (including phenoxy) is 1. The first kappa shape index (κ1) is 21.2. The molecule has 4 rings (SSSR count). The predicted octanol–water partition coefficient (Wildman–Crippen LogP) is 4.21. The zero-order chi connectivity index (χ0) is 21.0. The molecule has 1 aromatic heterocycles. The number of halogens is 3. The third-order valence-electron chi connectivity index (χ3n) is 5.85. The number of nitrogens with one attached hydrogen (secondary N) is 1. The van der Waals surface area contributed by atoms with Gasteiger partial charge in [-0.3, -0.25) is 0 Å². The van der Waals surface area contributed by atoms with E-state index in [1.807, 2.05) is 17.8 Å². The minimum Gasteiger partial charge on any atom is -0.381 e. The largest absolute Gasteiger partial charge is 0.416 e. The molecule has 1 aromatic carbocycles. The molecule has 1 N–H and O–H groups in total. The number of thioether (sulfide) groups is 1. The van der Waals surface area contributed by atoms with Crippen LogP contribution in [0.2, 0.25) is 0 Å². The quantitative estimate of drug-likeness (QED) is 0.755. The number of hydrogen-bond donors (Lipinski definition) is 1. The van der Waals surface area contributed by atoms with E-state index in [0.717, 1.165) is 36.5 Å². The molecule has 0 aliphatic carbocycles. The van der Waals surface area contributed by atoms with Crippen LogP contribution in [-0.4, -0.2) is 54.3 Å². The fraction of sp³-hybridized carbons (Fsp3) is 0.524. The molecule has 0 unspecified atom stereocenters. The van der Waals surface area contributed by atoms with Crippen molar-refractivity contribution in [2.75, 3.05) is 54.6 Å². The summed E-state index contributed by atoms with van der Waals surface area (Å²) < 4.78 is 45.3. The van der Waals surface area contributed by atoms with Gasteiger partial charge in [0, 0.05) is 55.8 Å². The molecule has 2 fully saturated rings. The van der Waals surface area contributed by atoms with E-state index in [2.05, 4.69) is 20.2 Å². The van der Waals surface area contributed by atoms with Crippen molar-refractivity contribution in [3.05, 3.63) is 47.8 Å². The highest BCUT2D eigenvalue weighted by Crippen LogP contribution is 2.38. The SMILES string of the molecule is FC(F)(F)c1cccc(C2(CNc3cc(N4CCSCC4)ncn3)CCOCC2)c1. The van der Waals surface area contributed by atoms with Crippen LogP contribution in [0.25, 0.3) is 0 Å². The Hall–Kier alpha value is -2.00. The third-order valence-corrected chi connectivity index (χ3v) is 6.79. The van der Waals surface area contributed by atoms with Crippen LogP contribution in [0.1, 0.15) is 24.0 Å². The van der Waals surface area contributed by atoms with Gasteiger partial charge in [-0.25, -0.2) is 9.97 Å². The van der Waals surface area contributed by atoms with Crippen molar-refractivity contribution >= 4 is 23.4 Å². The van der Waals surface area contributed by atoms with Gasteiger partial charge in [0.25, 0.3) is 0 Å². The Bertz CT molecular complexity index is 852. The molecule has 0 spiro atoms. The molecule has 2 aromatic rings. The van der Waals surface area contributed by atoms with Crippen molar-refractivity contribution in [1.82, 2.24) is 9.97 Å². The molecule has 2 aliphatic rings. The van der Waals surface area contributed by atoms with Crippen LogP contribution in [0.3, 0.4) is 0 Å². The zero-order valence-corrected chi connectivity index (χ0v) is 17.4. The Kier molecular flexibility index (Phi) is 6.38. The molecule has 0 radical (unpaired) electrons. The second-order valence-electron chi connectivity index (χ2n) is 7.69. The van der Waals surface area contributed by atoms with Gasteiger partial charge in [0.1, 0.15) is 18.0 Å². The zero-order valence-electron chi connectivity index (χ0n) is 16.6. The molecule has 0 atom stereocenters. The van der Waals surface area contributed by atoms with E-state index in [1.165, 1.54) is 12.1 Å². The molecule has 3 heterocycles. The molecule has 2 saturated heterocycles. The Balaban J connectivity index is 1.54. The van der Waals surface area contributed by atoms with Gasteiger partial charge < -0.3 is 15.0 Å². The molecule has 0 amide bonds. The fourth-order valence-corrected chi connectivity index (χ4v) is 4.93. The summed E-state index contributed by atoms with van der Waals surface area (Å²) in [7, 11) is 0. The van der Waals surface area contributed by atoms with Crippen molar-refractivity contribution in [1.29, 1.82) is 0 Å². The van der Waals surface area contributed by atoms with Gasteiger partial charge >= 0.3 is 6.18 Å². The van der Waals surface area contributed by atoms with Gasteiger partial charge in [0.15, 0.2) is 0 Å². The lowest BCUT2D eigenvalue weighted by Gasteiger charge is -2.38. The Morgan fingerprint density at radius 1 is 1.10 bits per heavy atom. The first-order valence-corrected chi connectivity index (χ1v) is 11.3. The van der Waals surface area contributed by atoms with Crippen molar-refractivity contribution in [2.45, 2.75) is 24.4 Å². The second-order valence-corrected chi connectivity index (χ2v) is 8.91. The lowest BCUT2D eigenvalue weighted by atomic mass is 9.73. The van der Waals surface area contributed by atoms with Gasteiger partial charge in [-0.05, 0) is 24.5 Å². The summed E-state index contributed by atoms with van der Waals surface area (Å²) in [5.74, 6) is 3.72. The second kappa shape index (κ2) is 9.01. The smallest absolute Gasteiger partial charge is 0.381 e. The van der Waals surface area contributed by atoms with Gasteiger partial charge in [-0.1, -0.05) is 18.2 Å². The Morgan fingerprint density at radius 2 is 1.87 bits per heavy atom.